The van der Waals surface area contributed by atoms with Gasteiger partial charge in [0.1, 0.15) is 12.7 Å². The molecule has 1 heterocycles. The highest BCUT2D eigenvalue weighted by Gasteiger charge is 2.18. The molecule has 1 aliphatic rings. The maximum Gasteiger partial charge on any atom is 0.381 e. The minimum atomic E-state index is -0.567. The fourth-order valence-corrected chi connectivity index (χ4v) is 4.16. The van der Waals surface area contributed by atoms with Gasteiger partial charge in [0.05, 0.1) is 0 Å². The van der Waals surface area contributed by atoms with Gasteiger partial charge in [0.15, 0.2) is 0 Å². The van der Waals surface area contributed by atoms with Crippen molar-refractivity contribution in [3.05, 3.63) is 46.4 Å². The molecule has 1 aliphatic carbocycles. The van der Waals surface area contributed by atoms with Crippen LogP contribution in [0.25, 0.3) is 0 Å². The molecule has 7 nitrogen and oxygen atoms in total. The Hall–Kier alpha value is -2.35. The predicted molar refractivity (Wildman–Crippen MR) is 96.8 cm³/mol. The van der Waals surface area contributed by atoms with Gasteiger partial charge in [-0.3, -0.25) is 9.36 Å². The lowest BCUT2D eigenvalue weighted by Crippen LogP contribution is -2.19. The van der Waals surface area contributed by atoms with E-state index >= 15 is 0 Å². The molecule has 2 aromatic rings. The van der Waals surface area contributed by atoms with Crippen molar-refractivity contribution < 1.29 is 9.72 Å². The zero-order valence-electron chi connectivity index (χ0n) is 14.0. The van der Waals surface area contributed by atoms with Crippen LogP contribution in [0.1, 0.15) is 31.5 Å². The number of thioether (sulfide) groups is 1. The number of nitro groups is 1. The van der Waals surface area contributed by atoms with Crippen LogP contribution < -0.4 is 5.32 Å². The molecular formula is C17H20N4O3S. The van der Waals surface area contributed by atoms with Gasteiger partial charge in [-0.1, -0.05) is 12.8 Å². The van der Waals surface area contributed by atoms with Gasteiger partial charge in [-0.2, -0.15) is 0 Å². The summed E-state index contributed by atoms with van der Waals surface area (Å²) in [6.07, 6.45) is 6.46. The van der Waals surface area contributed by atoms with E-state index in [4.69, 9.17) is 0 Å². The molecule has 1 aromatic carbocycles. The summed E-state index contributed by atoms with van der Waals surface area (Å²) in [5.41, 5.74) is 0.716. The molecule has 0 aliphatic heterocycles. The number of nitrogens with zero attached hydrogens (tertiary/aromatic N) is 3. The normalized spacial score (nSPS) is 14.6. The average Bonchev–Trinajstić information content (AvgIpc) is 3.20. The molecule has 0 atom stereocenters. The first kappa shape index (κ1) is 17.5. The Kier molecular flexibility index (Phi) is 5.37. The summed E-state index contributed by atoms with van der Waals surface area (Å²) in [6.45, 7) is 1.63. The molecular weight excluding hydrogens is 340 g/mol. The number of aromatic nitrogens is 2. The summed E-state index contributed by atoms with van der Waals surface area (Å²) < 4.78 is 1.47. The van der Waals surface area contributed by atoms with Crippen molar-refractivity contribution in [2.45, 2.75) is 49.3 Å². The molecule has 1 fully saturated rings. The zero-order valence-corrected chi connectivity index (χ0v) is 14.8. The number of nitrogens with one attached hydrogen (secondary N) is 1. The molecule has 1 saturated carbocycles. The third kappa shape index (κ3) is 4.60. The van der Waals surface area contributed by atoms with Gasteiger partial charge in [0.2, 0.25) is 11.7 Å². The van der Waals surface area contributed by atoms with Gasteiger partial charge in [-0.25, -0.2) is 0 Å². The summed E-state index contributed by atoms with van der Waals surface area (Å²) in [4.78, 5) is 27.3. The molecule has 0 unspecified atom stereocenters. The number of amides is 1. The van der Waals surface area contributed by atoms with Crippen LogP contribution in [0.3, 0.4) is 0 Å². The van der Waals surface area contributed by atoms with E-state index in [-0.39, 0.29) is 18.3 Å². The largest absolute Gasteiger partial charge is 0.381 e. The lowest BCUT2D eigenvalue weighted by Gasteiger charge is -2.10. The average molecular weight is 360 g/mol. The Balaban J connectivity index is 1.56. The fraction of sp³-hybridized carbons (Fsp3) is 0.412. The molecule has 1 amide bonds. The van der Waals surface area contributed by atoms with E-state index in [1.54, 1.807) is 6.92 Å². The second-order valence-electron chi connectivity index (χ2n) is 6.13. The SMILES string of the molecule is Cc1nc([N+](=O)[O-])cn1CC(=O)Nc1ccc(SC2CCCC2)cc1. The minimum Gasteiger partial charge on any atom is -0.358 e. The first-order valence-corrected chi connectivity index (χ1v) is 9.14. The Morgan fingerprint density at radius 3 is 2.64 bits per heavy atom. The molecule has 132 valence electrons. The molecule has 0 bridgehead atoms. The molecule has 3 rings (SSSR count). The summed E-state index contributed by atoms with van der Waals surface area (Å²) in [7, 11) is 0. The number of rotatable bonds is 6. The third-order valence-electron chi connectivity index (χ3n) is 4.21. The van der Waals surface area contributed by atoms with Gasteiger partial charge in [-0.05, 0) is 47.0 Å². The van der Waals surface area contributed by atoms with E-state index in [0.717, 1.165) is 0 Å². The highest BCUT2D eigenvalue weighted by molar-refractivity contribution is 8.00. The third-order valence-corrected chi connectivity index (χ3v) is 5.56. The van der Waals surface area contributed by atoms with Crippen LogP contribution in [0.4, 0.5) is 11.5 Å². The number of hydrogen-bond acceptors (Lipinski definition) is 5. The van der Waals surface area contributed by atoms with E-state index in [2.05, 4.69) is 10.3 Å². The van der Waals surface area contributed by atoms with Gasteiger partial charge in [0, 0.05) is 22.8 Å². The molecule has 1 N–H and O–H groups in total. The maximum atomic E-state index is 12.1. The van der Waals surface area contributed by atoms with Crippen molar-refractivity contribution in [2.75, 3.05) is 5.32 Å². The number of benzene rings is 1. The molecule has 0 radical (unpaired) electrons. The van der Waals surface area contributed by atoms with Crippen LogP contribution in [0.15, 0.2) is 35.4 Å². The topological polar surface area (TPSA) is 90.1 Å². The monoisotopic (exact) mass is 360 g/mol. The molecule has 1 aromatic heterocycles. The first-order valence-electron chi connectivity index (χ1n) is 8.26. The van der Waals surface area contributed by atoms with E-state index in [1.807, 2.05) is 36.0 Å². The lowest BCUT2D eigenvalue weighted by molar-refractivity contribution is -0.389. The van der Waals surface area contributed by atoms with Gasteiger partial charge < -0.3 is 15.4 Å². The van der Waals surface area contributed by atoms with E-state index in [0.29, 0.717) is 16.8 Å². The lowest BCUT2D eigenvalue weighted by atomic mass is 10.3. The minimum absolute atomic E-state index is 0.00868. The fourth-order valence-electron chi connectivity index (χ4n) is 2.91. The second-order valence-corrected chi connectivity index (χ2v) is 7.50. The Morgan fingerprint density at radius 2 is 2.04 bits per heavy atom. The summed E-state index contributed by atoms with van der Waals surface area (Å²) in [5.74, 6) is -0.0599. The number of aryl methyl sites for hydroxylation is 1. The Bertz CT molecular complexity index is 767. The smallest absolute Gasteiger partial charge is 0.358 e. The number of anilines is 1. The van der Waals surface area contributed by atoms with Crippen LogP contribution >= 0.6 is 11.8 Å². The molecule has 8 heteroatoms. The van der Waals surface area contributed by atoms with Crippen LogP contribution in [0.5, 0.6) is 0 Å². The van der Waals surface area contributed by atoms with Crippen molar-refractivity contribution in [3.8, 4) is 0 Å². The highest BCUT2D eigenvalue weighted by Crippen LogP contribution is 2.34. The zero-order chi connectivity index (χ0) is 17.8. The number of imidazole rings is 1. The molecule has 0 saturated heterocycles. The van der Waals surface area contributed by atoms with Crippen LogP contribution in [0.2, 0.25) is 0 Å². The quantitative estimate of drug-likeness (QED) is 0.625. The van der Waals surface area contributed by atoms with Crippen molar-refractivity contribution in [2.24, 2.45) is 0 Å². The van der Waals surface area contributed by atoms with Gasteiger partial charge in [0.25, 0.3) is 0 Å². The van der Waals surface area contributed by atoms with Crippen LogP contribution in [-0.2, 0) is 11.3 Å². The summed E-state index contributed by atoms with van der Waals surface area (Å²) in [6, 6.07) is 7.81. The number of hydrogen-bond donors (Lipinski definition) is 1. The first-order chi connectivity index (χ1) is 12.0. The Labute approximate surface area is 150 Å². The Morgan fingerprint density at radius 1 is 1.36 bits per heavy atom. The number of carbonyl (C=O) groups excluding carboxylic acids is 1. The molecule has 0 spiro atoms. The van der Waals surface area contributed by atoms with E-state index in [9.17, 15) is 14.9 Å². The summed E-state index contributed by atoms with van der Waals surface area (Å²) in [5, 5.41) is 14.2. The van der Waals surface area contributed by atoms with Crippen molar-refractivity contribution in [3.63, 3.8) is 0 Å². The van der Waals surface area contributed by atoms with Gasteiger partial charge >= 0.3 is 5.82 Å². The second kappa shape index (κ2) is 7.69. The highest BCUT2D eigenvalue weighted by atomic mass is 32.2. The van der Waals surface area contributed by atoms with Crippen LogP contribution in [-0.4, -0.2) is 25.6 Å². The van der Waals surface area contributed by atoms with E-state index < -0.39 is 4.92 Å². The van der Waals surface area contributed by atoms with Crippen molar-refractivity contribution in [1.29, 1.82) is 0 Å². The standard InChI is InChI=1S/C17H20N4O3S/c1-12-18-16(21(23)24)10-20(12)11-17(22)19-13-6-8-15(9-7-13)25-14-4-2-3-5-14/h6-10,14H,2-5,11H2,1H3,(H,19,22). The van der Waals surface area contributed by atoms with Crippen molar-refractivity contribution in [1.82, 2.24) is 9.55 Å². The van der Waals surface area contributed by atoms with Crippen LogP contribution in [0, 0.1) is 17.0 Å². The number of carbonyl (C=O) groups is 1. The molecule has 25 heavy (non-hydrogen) atoms. The van der Waals surface area contributed by atoms with Gasteiger partial charge in [-0.15, -0.1) is 11.8 Å². The van der Waals surface area contributed by atoms with Crippen molar-refractivity contribution >= 4 is 29.2 Å². The predicted octanol–water partition coefficient (Wildman–Crippen LogP) is 3.77. The van der Waals surface area contributed by atoms with E-state index in [1.165, 1.54) is 41.3 Å². The summed E-state index contributed by atoms with van der Waals surface area (Å²) >= 11 is 1.90. The maximum absolute atomic E-state index is 12.1.